The summed E-state index contributed by atoms with van der Waals surface area (Å²) >= 11 is 1.40. The lowest BCUT2D eigenvalue weighted by atomic mass is 10.1. The Morgan fingerprint density at radius 1 is 1.21 bits per heavy atom. The van der Waals surface area contributed by atoms with E-state index in [0.717, 1.165) is 17.7 Å². The third-order valence-corrected chi connectivity index (χ3v) is 5.20. The molecule has 1 amide bonds. The van der Waals surface area contributed by atoms with E-state index >= 15 is 0 Å². The Kier molecular flexibility index (Phi) is 6.60. The lowest BCUT2D eigenvalue weighted by Crippen LogP contribution is -2.30. The summed E-state index contributed by atoms with van der Waals surface area (Å²) in [5, 5.41) is 6.21. The van der Waals surface area contributed by atoms with Crippen LogP contribution in [0.1, 0.15) is 18.1 Å². The zero-order valence-corrected chi connectivity index (χ0v) is 16.5. The molecule has 0 unspecified atom stereocenters. The number of para-hydroxylation sites is 1. The van der Waals surface area contributed by atoms with Crippen molar-refractivity contribution < 1.29 is 19.1 Å². The molecule has 2 N–H and O–H groups in total. The van der Waals surface area contributed by atoms with E-state index in [1.807, 2.05) is 24.3 Å². The van der Waals surface area contributed by atoms with Crippen molar-refractivity contribution in [1.29, 1.82) is 0 Å². The van der Waals surface area contributed by atoms with E-state index in [0.29, 0.717) is 10.7 Å². The Balaban J connectivity index is 1.69. The number of esters is 1. The lowest BCUT2D eigenvalue weighted by molar-refractivity contribution is -0.142. The van der Waals surface area contributed by atoms with Gasteiger partial charge in [-0.25, -0.2) is 4.79 Å². The average molecular weight is 398 g/mol. The molecule has 1 aliphatic heterocycles. The third kappa shape index (κ3) is 5.07. The molecule has 0 spiro atoms. The Hall–Kier alpha value is -2.93. The number of carbonyl (C=O) groups is 2. The molecule has 28 heavy (non-hydrogen) atoms. The van der Waals surface area contributed by atoms with Crippen LogP contribution in [0, 0.1) is 0 Å². The third-order valence-electron chi connectivity index (χ3n) is 4.17. The quantitative estimate of drug-likeness (QED) is 0.550. The van der Waals surface area contributed by atoms with Crippen molar-refractivity contribution in [2.75, 3.05) is 19.0 Å². The number of anilines is 1. The zero-order valence-electron chi connectivity index (χ0n) is 15.7. The first-order chi connectivity index (χ1) is 13.6. The molecule has 0 bridgehead atoms. The van der Waals surface area contributed by atoms with Crippen LogP contribution in [0.25, 0.3) is 6.08 Å². The molecule has 0 radical (unpaired) electrons. The van der Waals surface area contributed by atoms with Crippen LogP contribution in [0.2, 0.25) is 0 Å². The molecule has 1 aliphatic rings. The van der Waals surface area contributed by atoms with Crippen LogP contribution in [0.3, 0.4) is 0 Å². The molecule has 7 heteroatoms. The number of carbonyl (C=O) groups excluding carboxylic acids is 2. The number of aryl methyl sites for hydroxylation is 1. The van der Waals surface area contributed by atoms with Gasteiger partial charge in [0.1, 0.15) is 5.75 Å². The SMILES string of the molecule is CCc1ccc(N[C@H]2NC(=O)/C(=C/c3ccccc3OCC(=O)OC)S2)cc1. The zero-order chi connectivity index (χ0) is 19.9. The predicted octanol–water partition coefficient (Wildman–Crippen LogP) is 3.40. The number of nitrogens with one attached hydrogen (secondary N) is 2. The number of benzene rings is 2. The summed E-state index contributed by atoms with van der Waals surface area (Å²) in [6.07, 6.45) is 2.74. The molecule has 0 aliphatic carbocycles. The minimum atomic E-state index is -0.464. The first-order valence-corrected chi connectivity index (χ1v) is 9.80. The smallest absolute Gasteiger partial charge is 0.343 e. The van der Waals surface area contributed by atoms with Gasteiger partial charge in [0.15, 0.2) is 12.1 Å². The molecule has 146 valence electrons. The highest BCUT2D eigenvalue weighted by molar-refractivity contribution is 8.05. The van der Waals surface area contributed by atoms with Gasteiger partial charge in [-0.05, 0) is 36.3 Å². The Bertz CT molecular complexity index is 880. The van der Waals surface area contributed by atoms with Crippen LogP contribution in [0.15, 0.2) is 53.4 Å². The largest absolute Gasteiger partial charge is 0.481 e. The van der Waals surface area contributed by atoms with Gasteiger partial charge in [0.2, 0.25) is 0 Å². The number of rotatable bonds is 7. The molecule has 1 fully saturated rings. The summed E-state index contributed by atoms with van der Waals surface area (Å²) in [5.41, 5.74) is 2.67. The van der Waals surface area contributed by atoms with Gasteiger partial charge in [-0.1, -0.05) is 49.0 Å². The highest BCUT2D eigenvalue weighted by atomic mass is 32.2. The number of thioether (sulfide) groups is 1. The maximum atomic E-state index is 12.3. The fourth-order valence-electron chi connectivity index (χ4n) is 2.62. The molecule has 2 aromatic rings. The first-order valence-electron chi connectivity index (χ1n) is 8.92. The van der Waals surface area contributed by atoms with Gasteiger partial charge in [-0.2, -0.15) is 0 Å². The standard InChI is InChI=1S/C21H22N2O4S/c1-3-14-8-10-16(11-9-14)22-21-23-20(25)18(28-21)12-15-6-4-5-7-17(15)27-13-19(24)26-2/h4-12,21-22H,3,13H2,1-2H3,(H,23,25)/b18-12-/t21-/m0/s1. The number of amides is 1. The van der Waals surface area contributed by atoms with E-state index in [9.17, 15) is 9.59 Å². The summed E-state index contributed by atoms with van der Waals surface area (Å²) in [5.74, 6) is -0.107. The van der Waals surface area contributed by atoms with Crippen molar-refractivity contribution in [2.24, 2.45) is 0 Å². The Morgan fingerprint density at radius 2 is 1.96 bits per heavy atom. The Labute approximate surface area is 168 Å². The van der Waals surface area contributed by atoms with Crippen LogP contribution in [-0.4, -0.2) is 31.1 Å². The van der Waals surface area contributed by atoms with Gasteiger partial charge in [0, 0.05) is 11.3 Å². The van der Waals surface area contributed by atoms with Crippen molar-refractivity contribution in [3.63, 3.8) is 0 Å². The molecule has 0 aromatic heterocycles. The van der Waals surface area contributed by atoms with Gasteiger partial charge < -0.3 is 20.1 Å². The molecule has 1 atom stereocenters. The second-order valence-corrected chi connectivity index (χ2v) is 7.22. The molecule has 1 saturated heterocycles. The van der Waals surface area contributed by atoms with E-state index in [-0.39, 0.29) is 18.0 Å². The topological polar surface area (TPSA) is 76.7 Å². The van der Waals surface area contributed by atoms with Gasteiger partial charge >= 0.3 is 5.97 Å². The maximum Gasteiger partial charge on any atom is 0.343 e. The fourth-order valence-corrected chi connectivity index (χ4v) is 3.60. The highest BCUT2D eigenvalue weighted by Gasteiger charge is 2.27. The summed E-state index contributed by atoms with van der Waals surface area (Å²) in [6, 6.07) is 15.4. The lowest BCUT2D eigenvalue weighted by Gasteiger charge is -2.13. The number of methoxy groups -OCH3 is 1. The number of hydrogen-bond donors (Lipinski definition) is 2. The predicted molar refractivity (Wildman–Crippen MR) is 111 cm³/mol. The maximum absolute atomic E-state index is 12.3. The fraction of sp³-hybridized carbons (Fsp3) is 0.238. The monoisotopic (exact) mass is 398 g/mol. The molecule has 3 rings (SSSR count). The van der Waals surface area contributed by atoms with Crippen LogP contribution < -0.4 is 15.4 Å². The second kappa shape index (κ2) is 9.32. The molecular weight excluding hydrogens is 376 g/mol. The van der Waals surface area contributed by atoms with Gasteiger partial charge in [-0.3, -0.25) is 4.79 Å². The average Bonchev–Trinajstić information content (AvgIpc) is 3.06. The van der Waals surface area contributed by atoms with E-state index in [1.54, 1.807) is 18.2 Å². The van der Waals surface area contributed by atoms with Crippen molar-refractivity contribution in [1.82, 2.24) is 5.32 Å². The van der Waals surface area contributed by atoms with Crippen molar-refractivity contribution in [3.05, 3.63) is 64.6 Å². The highest BCUT2D eigenvalue weighted by Crippen LogP contribution is 2.32. The molecule has 1 heterocycles. The molecule has 6 nitrogen and oxygen atoms in total. The molecule has 0 saturated carbocycles. The van der Waals surface area contributed by atoms with Gasteiger partial charge in [0.25, 0.3) is 5.91 Å². The number of hydrogen-bond acceptors (Lipinski definition) is 6. The molecule has 2 aromatic carbocycles. The van der Waals surface area contributed by atoms with Crippen LogP contribution in [0.5, 0.6) is 5.75 Å². The Morgan fingerprint density at radius 3 is 2.68 bits per heavy atom. The number of ether oxygens (including phenoxy) is 2. The summed E-state index contributed by atoms with van der Waals surface area (Å²) in [7, 11) is 1.31. The van der Waals surface area contributed by atoms with E-state index in [4.69, 9.17) is 4.74 Å². The second-order valence-electron chi connectivity index (χ2n) is 6.08. The summed E-state index contributed by atoms with van der Waals surface area (Å²) in [6.45, 7) is 1.92. The summed E-state index contributed by atoms with van der Waals surface area (Å²) in [4.78, 5) is 24.2. The summed E-state index contributed by atoms with van der Waals surface area (Å²) < 4.78 is 10.1. The van der Waals surface area contributed by atoms with Gasteiger partial charge in [0.05, 0.1) is 12.0 Å². The minimum Gasteiger partial charge on any atom is -0.481 e. The van der Waals surface area contributed by atoms with E-state index in [2.05, 4.69) is 34.4 Å². The van der Waals surface area contributed by atoms with Crippen LogP contribution in [0.4, 0.5) is 5.69 Å². The normalized spacial score (nSPS) is 17.3. The molecular formula is C21H22N2O4S. The van der Waals surface area contributed by atoms with E-state index < -0.39 is 5.97 Å². The van der Waals surface area contributed by atoms with Crippen molar-refractivity contribution in [3.8, 4) is 5.75 Å². The first kappa shape index (κ1) is 19.8. The van der Waals surface area contributed by atoms with Crippen LogP contribution >= 0.6 is 11.8 Å². The van der Waals surface area contributed by atoms with Crippen molar-refractivity contribution in [2.45, 2.75) is 18.8 Å². The van der Waals surface area contributed by atoms with Crippen LogP contribution in [-0.2, 0) is 20.7 Å². The van der Waals surface area contributed by atoms with Gasteiger partial charge in [-0.15, -0.1) is 0 Å². The van der Waals surface area contributed by atoms with E-state index in [1.165, 1.54) is 24.4 Å². The van der Waals surface area contributed by atoms with Crippen molar-refractivity contribution >= 4 is 35.4 Å². The minimum absolute atomic E-state index is 0.157.